The minimum Gasteiger partial charge on any atom is -0.360 e. The molecular weight excluding hydrogens is 280 g/mol. The van der Waals surface area contributed by atoms with Gasteiger partial charge in [-0.3, -0.25) is 4.79 Å². The van der Waals surface area contributed by atoms with Crippen LogP contribution in [0.5, 0.6) is 0 Å². The molecule has 5 nitrogen and oxygen atoms in total. The Hall–Kier alpha value is -1.47. The maximum Gasteiger partial charge on any atom is 0.282 e. The average Bonchev–Trinajstić information content (AvgIpc) is 3.07. The van der Waals surface area contributed by atoms with Crippen LogP contribution in [0.4, 0.5) is 5.13 Å². The van der Waals surface area contributed by atoms with Crippen molar-refractivity contribution in [2.75, 3.05) is 11.9 Å². The van der Waals surface area contributed by atoms with Gasteiger partial charge in [0.2, 0.25) is 10.1 Å². The monoisotopic (exact) mass is 296 g/mol. The van der Waals surface area contributed by atoms with Crippen LogP contribution >= 0.6 is 22.7 Å². The van der Waals surface area contributed by atoms with Crippen molar-refractivity contribution < 1.29 is 4.79 Å². The van der Waals surface area contributed by atoms with Crippen LogP contribution in [-0.2, 0) is 0 Å². The summed E-state index contributed by atoms with van der Waals surface area (Å²) in [6.45, 7) is 4.79. The molecule has 0 spiro atoms. The van der Waals surface area contributed by atoms with Crippen molar-refractivity contribution in [1.82, 2.24) is 15.5 Å². The number of rotatable bonds is 6. The molecule has 1 unspecified atom stereocenters. The molecule has 0 fully saturated rings. The fourth-order valence-electron chi connectivity index (χ4n) is 1.62. The second-order valence-corrected chi connectivity index (χ2v) is 5.85. The molecule has 0 aliphatic heterocycles. The predicted molar refractivity (Wildman–Crippen MR) is 78.9 cm³/mol. The summed E-state index contributed by atoms with van der Waals surface area (Å²) in [7, 11) is 0. The van der Waals surface area contributed by atoms with Crippen molar-refractivity contribution in [2.24, 2.45) is 0 Å². The van der Waals surface area contributed by atoms with E-state index in [9.17, 15) is 4.79 Å². The van der Waals surface area contributed by atoms with Gasteiger partial charge in [0.05, 0.1) is 6.04 Å². The van der Waals surface area contributed by atoms with E-state index in [0.29, 0.717) is 10.1 Å². The van der Waals surface area contributed by atoms with Crippen LogP contribution in [0.15, 0.2) is 17.5 Å². The first-order valence-electron chi connectivity index (χ1n) is 6.16. The number of aromatic nitrogens is 2. The Morgan fingerprint density at radius 3 is 2.89 bits per heavy atom. The van der Waals surface area contributed by atoms with E-state index in [-0.39, 0.29) is 11.9 Å². The Morgan fingerprint density at radius 2 is 2.26 bits per heavy atom. The number of nitrogens with zero attached hydrogens (tertiary/aromatic N) is 2. The molecule has 0 aromatic carbocycles. The highest BCUT2D eigenvalue weighted by Crippen LogP contribution is 2.23. The molecule has 0 aliphatic rings. The summed E-state index contributed by atoms with van der Waals surface area (Å²) in [5, 5.41) is 16.9. The highest BCUT2D eigenvalue weighted by Gasteiger charge is 2.18. The Labute approximate surface area is 120 Å². The first kappa shape index (κ1) is 14.0. The lowest BCUT2D eigenvalue weighted by Gasteiger charge is -2.13. The number of nitrogens with one attached hydrogen (secondary N) is 2. The summed E-state index contributed by atoms with van der Waals surface area (Å²) in [5.41, 5.74) is 0. The molecule has 102 valence electrons. The van der Waals surface area contributed by atoms with Crippen LogP contribution in [0.25, 0.3) is 0 Å². The van der Waals surface area contributed by atoms with Crippen molar-refractivity contribution in [3.05, 3.63) is 27.4 Å². The van der Waals surface area contributed by atoms with Gasteiger partial charge in [-0.1, -0.05) is 24.3 Å². The minimum absolute atomic E-state index is 0.0407. The molecule has 0 aliphatic carbocycles. The Balaban J connectivity index is 2.02. The highest BCUT2D eigenvalue weighted by atomic mass is 32.1. The maximum atomic E-state index is 12.1. The first-order chi connectivity index (χ1) is 9.24. The lowest BCUT2D eigenvalue weighted by atomic mass is 10.2. The maximum absolute atomic E-state index is 12.1. The van der Waals surface area contributed by atoms with E-state index in [1.165, 1.54) is 11.3 Å². The van der Waals surface area contributed by atoms with Gasteiger partial charge in [-0.05, 0) is 24.8 Å². The number of carbonyl (C=O) groups is 1. The molecule has 1 amide bonds. The summed E-state index contributed by atoms with van der Waals surface area (Å²) < 4.78 is 0. The molecule has 19 heavy (non-hydrogen) atoms. The van der Waals surface area contributed by atoms with Crippen molar-refractivity contribution in [3.8, 4) is 0 Å². The number of hydrogen-bond acceptors (Lipinski definition) is 6. The lowest BCUT2D eigenvalue weighted by molar-refractivity contribution is 0.0935. The Kier molecular flexibility index (Phi) is 4.86. The van der Waals surface area contributed by atoms with E-state index in [2.05, 4.69) is 27.8 Å². The normalized spacial score (nSPS) is 12.1. The van der Waals surface area contributed by atoms with Gasteiger partial charge in [-0.25, -0.2) is 0 Å². The topological polar surface area (TPSA) is 66.9 Å². The molecule has 2 rings (SSSR count). The molecule has 0 saturated carbocycles. The number of hydrogen-bond donors (Lipinski definition) is 2. The highest BCUT2D eigenvalue weighted by molar-refractivity contribution is 7.17. The van der Waals surface area contributed by atoms with Crippen molar-refractivity contribution >= 4 is 33.7 Å². The van der Waals surface area contributed by atoms with Crippen LogP contribution < -0.4 is 10.6 Å². The zero-order valence-electron chi connectivity index (χ0n) is 10.8. The molecular formula is C12H16N4OS2. The molecule has 7 heteroatoms. The SMILES string of the molecule is CCNc1nnc(C(=O)NC(CC)c2cccs2)s1. The zero-order chi connectivity index (χ0) is 13.7. The molecule has 0 saturated heterocycles. The second-order valence-electron chi connectivity index (χ2n) is 3.89. The van der Waals surface area contributed by atoms with Gasteiger partial charge >= 0.3 is 0 Å². The van der Waals surface area contributed by atoms with Gasteiger partial charge in [0.25, 0.3) is 5.91 Å². The third kappa shape index (κ3) is 3.51. The summed E-state index contributed by atoms with van der Waals surface area (Å²) in [5.74, 6) is -0.165. The average molecular weight is 296 g/mol. The third-order valence-electron chi connectivity index (χ3n) is 2.55. The van der Waals surface area contributed by atoms with Crippen LogP contribution in [0.2, 0.25) is 0 Å². The van der Waals surface area contributed by atoms with E-state index < -0.39 is 0 Å². The molecule has 2 aromatic heterocycles. The zero-order valence-corrected chi connectivity index (χ0v) is 12.5. The van der Waals surface area contributed by atoms with Gasteiger partial charge in [-0.15, -0.1) is 21.5 Å². The third-order valence-corrected chi connectivity index (χ3v) is 4.41. The first-order valence-corrected chi connectivity index (χ1v) is 7.85. The molecule has 1 atom stereocenters. The Morgan fingerprint density at radius 1 is 1.42 bits per heavy atom. The predicted octanol–water partition coefficient (Wildman–Crippen LogP) is 2.91. The fraction of sp³-hybridized carbons (Fsp3) is 0.417. The smallest absolute Gasteiger partial charge is 0.282 e. The number of thiophene rings is 1. The van der Waals surface area contributed by atoms with Crippen LogP contribution in [0.3, 0.4) is 0 Å². The number of anilines is 1. The molecule has 2 heterocycles. The molecule has 0 bridgehead atoms. The number of carbonyl (C=O) groups excluding carboxylic acids is 1. The Bertz CT molecular complexity index is 524. The van der Waals surface area contributed by atoms with E-state index in [4.69, 9.17) is 0 Å². The summed E-state index contributed by atoms with van der Waals surface area (Å²) >= 11 is 2.92. The van der Waals surface area contributed by atoms with E-state index in [1.54, 1.807) is 11.3 Å². The van der Waals surface area contributed by atoms with E-state index >= 15 is 0 Å². The molecule has 2 N–H and O–H groups in total. The van der Waals surface area contributed by atoms with Gasteiger partial charge in [0.1, 0.15) is 0 Å². The second kappa shape index (κ2) is 6.63. The minimum atomic E-state index is -0.165. The van der Waals surface area contributed by atoms with E-state index in [1.807, 2.05) is 24.4 Å². The van der Waals surface area contributed by atoms with Crippen LogP contribution in [0.1, 0.15) is 41.0 Å². The van der Waals surface area contributed by atoms with Gasteiger partial charge in [-0.2, -0.15) is 0 Å². The standard InChI is InChI=1S/C12H16N4OS2/c1-3-8(9-6-5-7-18-9)14-10(17)11-15-16-12(19-11)13-4-2/h5-8H,3-4H2,1-2H3,(H,13,16)(H,14,17). The largest absolute Gasteiger partial charge is 0.360 e. The summed E-state index contributed by atoms with van der Waals surface area (Å²) in [4.78, 5) is 13.3. The quantitative estimate of drug-likeness (QED) is 0.860. The van der Waals surface area contributed by atoms with Crippen molar-refractivity contribution in [1.29, 1.82) is 0 Å². The van der Waals surface area contributed by atoms with Crippen LogP contribution in [-0.4, -0.2) is 22.6 Å². The van der Waals surface area contributed by atoms with Gasteiger partial charge < -0.3 is 10.6 Å². The summed E-state index contributed by atoms with van der Waals surface area (Å²) in [6.07, 6.45) is 0.852. The van der Waals surface area contributed by atoms with Crippen molar-refractivity contribution in [3.63, 3.8) is 0 Å². The van der Waals surface area contributed by atoms with Gasteiger partial charge in [0, 0.05) is 11.4 Å². The van der Waals surface area contributed by atoms with Gasteiger partial charge in [0.15, 0.2) is 0 Å². The molecule has 0 radical (unpaired) electrons. The fourth-order valence-corrected chi connectivity index (χ4v) is 3.20. The van der Waals surface area contributed by atoms with Crippen molar-refractivity contribution in [2.45, 2.75) is 26.3 Å². The lowest BCUT2D eigenvalue weighted by Crippen LogP contribution is -2.27. The summed E-state index contributed by atoms with van der Waals surface area (Å²) in [6, 6.07) is 4.06. The van der Waals surface area contributed by atoms with E-state index in [0.717, 1.165) is 17.8 Å². The molecule has 2 aromatic rings. The number of amides is 1. The van der Waals surface area contributed by atoms with Crippen LogP contribution in [0, 0.1) is 0 Å².